The minimum absolute atomic E-state index is 0.372. The lowest BCUT2D eigenvalue weighted by Crippen LogP contribution is -2.31. The molecule has 1 aromatic heterocycles. The van der Waals surface area contributed by atoms with Gasteiger partial charge in [-0.15, -0.1) is 0 Å². The molecule has 0 aliphatic heterocycles. The summed E-state index contributed by atoms with van der Waals surface area (Å²) in [6.45, 7) is 1.50. The van der Waals surface area contributed by atoms with Gasteiger partial charge in [0.25, 0.3) is 0 Å². The monoisotopic (exact) mass is 233 g/mol. The van der Waals surface area contributed by atoms with Crippen LogP contribution in [-0.4, -0.2) is 42.5 Å². The van der Waals surface area contributed by atoms with Gasteiger partial charge in [-0.3, -0.25) is 4.68 Å². The van der Waals surface area contributed by atoms with Crippen LogP contribution in [0.3, 0.4) is 0 Å². The number of aromatic nitrogens is 3. The zero-order valence-corrected chi connectivity index (χ0v) is 9.58. The van der Waals surface area contributed by atoms with E-state index in [1.165, 1.54) is 6.33 Å². The molecule has 0 aliphatic rings. The molecule has 0 atom stereocenters. The first-order chi connectivity index (χ1) is 6.99. The standard InChI is InChI=1S/C7H15N5O2S/c1-12-7(9-6-10-12)5-8-3-4-11-15(2,13)14/h6,8,11H,3-5H2,1-2H3. The van der Waals surface area contributed by atoms with E-state index in [1.807, 2.05) is 0 Å². The van der Waals surface area contributed by atoms with Crippen LogP contribution >= 0.6 is 0 Å². The minimum atomic E-state index is -3.09. The van der Waals surface area contributed by atoms with Crippen LogP contribution in [0.15, 0.2) is 6.33 Å². The molecule has 86 valence electrons. The van der Waals surface area contributed by atoms with Crippen LogP contribution in [0.4, 0.5) is 0 Å². The molecular formula is C7H15N5O2S. The van der Waals surface area contributed by atoms with Crippen molar-refractivity contribution in [2.75, 3.05) is 19.3 Å². The summed E-state index contributed by atoms with van der Waals surface area (Å²) in [6.07, 6.45) is 2.61. The molecule has 15 heavy (non-hydrogen) atoms. The molecule has 0 aromatic carbocycles. The molecule has 1 aromatic rings. The lowest BCUT2D eigenvalue weighted by atomic mass is 10.5. The predicted octanol–water partition coefficient (Wildman–Crippen LogP) is -1.55. The van der Waals surface area contributed by atoms with Gasteiger partial charge in [0.2, 0.25) is 10.0 Å². The number of hydrogen-bond acceptors (Lipinski definition) is 5. The molecule has 0 spiro atoms. The van der Waals surface area contributed by atoms with Crippen molar-refractivity contribution in [1.82, 2.24) is 24.8 Å². The molecule has 0 radical (unpaired) electrons. The molecule has 0 unspecified atom stereocenters. The van der Waals surface area contributed by atoms with E-state index in [1.54, 1.807) is 11.7 Å². The van der Waals surface area contributed by atoms with Crippen molar-refractivity contribution in [2.24, 2.45) is 7.05 Å². The van der Waals surface area contributed by atoms with Gasteiger partial charge in [-0.1, -0.05) is 0 Å². The van der Waals surface area contributed by atoms with Gasteiger partial charge in [0.05, 0.1) is 12.8 Å². The number of sulfonamides is 1. The summed E-state index contributed by atoms with van der Waals surface area (Å²) in [4.78, 5) is 4.01. The first kappa shape index (κ1) is 12.1. The SMILES string of the molecule is Cn1ncnc1CNCCNS(C)(=O)=O. The summed E-state index contributed by atoms with van der Waals surface area (Å²) in [6, 6.07) is 0. The highest BCUT2D eigenvalue weighted by molar-refractivity contribution is 7.88. The molecule has 1 heterocycles. The molecule has 7 nitrogen and oxygen atoms in total. The van der Waals surface area contributed by atoms with E-state index in [0.717, 1.165) is 12.1 Å². The van der Waals surface area contributed by atoms with Gasteiger partial charge >= 0.3 is 0 Å². The van der Waals surface area contributed by atoms with Gasteiger partial charge in [0.15, 0.2) is 0 Å². The zero-order valence-electron chi connectivity index (χ0n) is 8.77. The highest BCUT2D eigenvalue weighted by atomic mass is 32.2. The van der Waals surface area contributed by atoms with Crippen LogP contribution in [0.25, 0.3) is 0 Å². The quantitative estimate of drug-likeness (QED) is 0.581. The van der Waals surface area contributed by atoms with Crippen molar-refractivity contribution >= 4 is 10.0 Å². The lowest BCUT2D eigenvalue weighted by Gasteiger charge is -2.04. The number of rotatable bonds is 6. The normalized spacial score (nSPS) is 11.9. The molecule has 0 saturated carbocycles. The largest absolute Gasteiger partial charge is 0.309 e. The molecule has 0 fully saturated rings. The maximum Gasteiger partial charge on any atom is 0.208 e. The molecular weight excluding hydrogens is 218 g/mol. The molecule has 2 N–H and O–H groups in total. The second-order valence-electron chi connectivity index (χ2n) is 3.14. The Bertz CT molecular complexity index is 399. The van der Waals surface area contributed by atoms with Crippen LogP contribution in [0.5, 0.6) is 0 Å². The van der Waals surface area contributed by atoms with Crippen LogP contribution in [0.1, 0.15) is 5.82 Å². The highest BCUT2D eigenvalue weighted by Crippen LogP contribution is 1.88. The predicted molar refractivity (Wildman–Crippen MR) is 55.6 cm³/mol. The third kappa shape index (κ3) is 4.86. The summed E-state index contributed by atoms with van der Waals surface area (Å²) in [7, 11) is -1.29. The van der Waals surface area contributed by atoms with Crippen molar-refractivity contribution in [3.8, 4) is 0 Å². The number of nitrogens with zero attached hydrogens (tertiary/aromatic N) is 3. The highest BCUT2D eigenvalue weighted by Gasteiger charge is 2.00. The van der Waals surface area contributed by atoms with Gasteiger partial charge < -0.3 is 5.32 Å². The molecule has 0 amide bonds. The van der Waals surface area contributed by atoms with E-state index in [-0.39, 0.29) is 0 Å². The lowest BCUT2D eigenvalue weighted by molar-refractivity contribution is 0.575. The van der Waals surface area contributed by atoms with Gasteiger partial charge in [0, 0.05) is 20.1 Å². The first-order valence-corrected chi connectivity index (χ1v) is 6.36. The summed E-state index contributed by atoms with van der Waals surface area (Å²) < 4.78 is 25.5. The van der Waals surface area contributed by atoms with E-state index in [9.17, 15) is 8.42 Å². The van der Waals surface area contributed by atoms with E-state index in [0.29, 0.717) is 19.6 Å². The number of hydrogen-bond donors (Lipinski definition) is 2. The second-order valence-corrected chi connectivity index (χ2v) is 4.98. The van der Waals surface area contributed by atoms with Crippen LogP contribution in [0.2, 0.25) is 0 Å². The smallest absolute Gasteiger partial charge is 0.208 e. The van der Waals surface area contributed by atoms with Crippen molar-refractivity contribution < 1.29 is 8.42 Å². The summed E-state index contributed by atoms with van der Waals surface area (Å²) >= 11 is 0. The summed E-state index contributed by atoms with van der Waals surface area (Å²) in [5.74, 6) is 0.814. The van der Waals surface area contributed by atoms with Crippen molar-refractivity contribution in [3.05, 3.63) is 12.2 Å². The Labute approximate surface area is 88.9 Å². The molecule has 1 rings (SSSR count). The second kappa shape index (κ2) is 5.19. The number of nitrogens with one attached hydrogen (secondary N) is 2. The Morgan fingerprint density at radius 1 is 1.47 bits per heavy atom. The summed E-state index contributed by atoms with van der Waals surface area (Å²) in [5, 5.41) is 6.96. The van der Waals surface area contributed by atoms with Crippen molar-refractivity contribution in [1.29, 1.82) is 0 Å². The number of aryl methyl sites for hydroxylation is 1. The van der Waals surface area contributed by atoms with E-state index >= 15 is 0 Å². The third-order valence-electron chi connectivity index (χ3n) is 1.75. The Hall–Kier alpha value is -0.990. The Morgan fingerprint density at radius 2 is 2.20 bits per heavy atom. The average Bonchev–Trinajstić information content (AvgIpc) is 2.49. The molecule has 0 aliphatic carbocycles. The fourth-order valence-electron chi connectivity index (χ4n) is 1.01. The van der Waals surface area contributed by atoms with Crippen molar-refractivity contribution in [3.63, 3.8) is 0 Å². The Morgan fingerprint density at radius 3 is 2.73 bits per heavy atom. The van der Waals surface area contributed by atoms with E-state index < -0.39 is 10.0 Å². The van der Waals surface area contributed by atoms with Gasteiger partial charge in [-0.2, -0.15) is 5.10 Å². The van der Waals surface area contributed by atoms with E-state index in [2.05, 4.69) is 20.1 Å². The van der Waals surface area contributed by atoms with Crippen LogP contribution < -0.4 is 10.0 Å². The Kier molecular flexibility index (Phi) is 4.18. The summed E-state index contributed by atoms with van der Waals surface area (Å²) in [5.41, 5.74) is 0. The minimum Gasteiger partial charge on any atom is -0.309 e. The van der Waals surface area contributed by atoms with Crippen LogP contribution in [0, 0.1) is 0 Å². The average molecular weight is 233 g/mol. The van der Waals surface area contributed by atoms with Gasteiger partial charge in [0.1, 0.15) is 12.2 Å². The fourth-order valence-corrected chi connectivity index (χ4v) is 1.48. The first-order valence-electron chi connectivity index (χ1n) is 4.47. The zero-order chi connectivity index (χ0) is 11.3. The molecule has 0 bridgehead atoms. The van der Waals surface area contributed by atoms with Gasteiger partial charge in [-0.05, 0) is 0 Å². The van der Waals surface area contributed by atoms with Crippen LogP contribution in [-0.2, 0) is 23.6 Å². The maximum absolute atomic E-state index is 10.7. The van der Waals surface area contributed by atoms with E-state index in [4.69, 9.17) is 0 Å². The third-order valence-corrected chi connectivity index (χ3v) is 2.48. The van der Waals surface area contributed by atoms with Gasteiger partial charge in [-0.25, -0.2) is 18.1 Å². The fraction of sp³-hybridized carbons (Fsp3) is 0.714. The molecule has 8 heteroatoms. The van der Waals surface area contributed by atoms with Crippen molar-refractivity contribution in [2.45, 2.75) is 6.54 Å². The topological polar surface area (TPSA) is 88.9 Å². The Balaban J connectivity index is 2.15. The molecule has 0 saturated heterocycles. The maximum atomic E-state index is 10.7.